The predicted molar refractivity (Wildman–Crippen MR) is 38.9 cm³/mol. The molecule has 1 aliphatic carbocycles. The van der Waals surface area contributed by atoms with Gasteiger partial charge in [-0.05, 0) is 25.7 Å². The van der Waals surface area contributed by atoms with Gasteiger partial charge in [-0.15, -0.1) is 0 Å². The lowest BCUT2D eigenvalue weighted by atomic mass is 9.83. The van der Waals surface area contributed by atoms with Gasteiger partial charge in [0.05, 0.1) is 6.10 Å². The summed E-state index contributed by atoms with van der Waals surface area (Å²) in [7, 11) is 0. The lowest BCUT2D eigenvalue weighted by Gasteiger charge is -2.31. The fourth-order valence-corrected chi connectivity index (χ4v) is 1.64. The largest absolute Gasteiger partial charge is 0.393 e. The number of aliphatic hydroxyl groups is 1. The molecule has 5 heteroatoms. The topological polar surface area (TPSA) is 20.2 Å². The van der Waals surface area contributed by atoms with Crippen LogP contribution in [0.25, 0.3) is 0 Å². The van der Waals surface area contributed by atoms with Crippen LogP contribution < -0.4 is 0 Å². The van der Waals surface area contributed by atoms with E-state index >= 15 is 0 Å². The fraction of sp³-hybridized carbons (Fsp3) is 1.00. The van der Waals surface area contributed by atoms with Crippen LogP contribution in [0.5, 0.6) is 0 Å². The molecule has 0 aromatic carbocycles. The summed E-state index contributed by atoms with van der Waals surface area (Å²) >= 11 is 0. The second-order valence-corrected chi connectivity index (χ2v) is 3.48. The molecule has 0 heterocycles. The summed E-state index contributed by atoms with van der Waals surface area (Å²) < 4.78 is 49.2. The summed E-state index contributed by atoms with van der Waals surface area (Å²) in [6, 6.07) is 0. The second-order valence-electron chi connectivity index (χ2n) is 3.48. The summed E-state index contributed by atoms with van der Waals surface area (Å²) in [4.78, 5) is 0. The Balaban J connectivity index is 2.52. The van der Waals surface area contributed by atoms with Crippen molar-refractivity contribution in [2.24, 2.45) is 5.92 Å². The molecule has 0 unspecified atom stereocenters. The Bertz CT molecular complexity index is 164. The van der Waals surface area contributed by atoms with Crippen LogP contribution in [-0.4, -0.2) is 23.6 Å². The molecule has 78 valence electrons. The van der Waals surface area contributed by atoms with E-state index in [0.29, 0.717) is 0 Å². The van der Waals surface area contributed by atoms with E-state index in [0.717, 1.165) is 0 Å². The first-order chi connectivity index (χ1) is 5.94. The summed E-state index contributed by atoms with van der Waals surface area (Å²) in [5.41, 5.74) is 0. The van der Waals surface area contributed by atoms with Gasteiger partial charge in [-0.3, -0.25) is 0 Å². The minimum absolute atomic E-state index is 0.0154. The molecule has 1 nitrogen and oxygen atoms in total. The van der Waals surface area contributed by atoms with Gasteiger partial charge in [0, 0.05) is 5.92 Å². The van der Waals surface area contributed by atoms with Crippen molar-refractivity contribution >= 4 is 0 Å². The molecular weight excluding hydrogens is 188 g/mol. The highest BCUT2D eigenvalue weighted by atomic mass is 19.3. The van der Waals surface area contributed by atoms with Crippen LogP contribution in [0, 0.1) is 5.92 Å². The molecule has 0 bridgehead atoms. The Morgan fingerprint density at radius 2 is 1.54 bits per heavy atom. The molecular formula is C8H12F4O. The SMILES string of the molecule is OC1CCC(C(F)(F)C(F)F)CC1. The lowest BCUT2D eigenvalue weighted by molar-refractivity contribution is -0.175. The minimum Gasteiger partial charge on any atom is -0.393 e. The zero-order valence-electron chi connectivity index (χ0n) is 7.02. The quantitative estimate of drug-likeness (QED) is 0.679. The van der Waals surface area contributed by atoms with Crippen LogP contribution in [0.15, 0.2) is 0 Å². The molecule has 0 saturated heterocycles. The molecule has 0 spiro atoms. The zero-order valence-corrected chi connectivity index (χ0v) is 7.02. The van der Waals surface area contributed by atoms with Gasteiger partial charge >= 0.3 is 12.3 Å². The summed E-state index contributed by atoms with van der Waals surface area (Å²) in [5.74, 6) is -5.16. The zero-order chi connectivity index (χ0) is 10.1. The molecule has 0 radical (unpaired) electrons. The number of aliphatic hydroxyl groups excluding tert-OH is 1. The van der Waals surface area contributed by atoms with Gasteiger partial charge in [-0.2, -0.15) is 8.78 Å². The first-order valence-corrected chi connectivity index (χ1v) is 4.28. The average molecular weight is 200 g/mol. The molecule has 1 fully saturated rings. The van der Waals surface area contributed by atoms with Crippen molar-refractivity contribution in [1.29, 1.82) is 0 Å². The standard InChI is InChI=1S/C8H12F4O/c9-7(10)8(11,12)5-1-3-6(13)4-2-5/h5-7,13H,1-4H2. The van der Waals surface area contributed by atoms with Gasteiger partial charge in [-0.1, -0.05) is 0 Å². The Hall–Kier alpha value is -0.320. The number of halogens is 4. The van der Waals surface area contributed by atoms with Crippen molar-refractivity contribution in [3.05, 3.63) is 0 Å². The Kier molecular flexibility index (Phi) is 3.16. The smallest absolute Gasteiger partial charge is 0.310 e. The van der Waals surface area contributed by atoms with E-state index in [9.17, 15) is 17.6 Å². The van der Waals surface area contributed by atoms with Gasteiger partial charge in [0.15, 0.2) is 0 Å². The van der Waals surface area contributed by atoms with E-state index in [4.69, 9.17) is 5.11 Å². The van der Waals surface area contributed by atoms with Crippen LogP contribution >= 0.6 is 0 Å². The van der Waals surface area contributed by atoms with Crippen molar-refractivity contribution in [1.82, 2.24) is 0 Å². The summed E-state index contributed by atoms with van der Waals surface area (Å²) in [6.45, 7) is 0. The van der Waals surface area contributed by atoms with Crippen LogP contribution in [0.4, 0.5) is 17.6 Å². The third-order valence-corrected chi connectivity index (χ3v) is 2.53. The minimum atomic E-state index is -3.89. The molecule has 1 rings (SSSR count). The summed E-state index contributed by atoms with van der Waals surface area (Å²) in [6.07, 6.45) is -3.81. The maximum atomic E-state index is 12.7. The highest BCUT2D eigenvalue weighted by Crippen LogP contribution is 2.40. The Labute approximate surface area is 73.7 Å². The first-order valence-electron chi connectivity index (χ1n) is 4.28. The first kappa shape index (κ1) is 10.8. The van der Waals surface area contributed by atoms with E-state index in [1.165, 1.54) is 0 Å². The number of alkyl halides is 4. The molecule has 0 aliphatic heterocycles. The van der Waals surface area contributed by atoms with Gasteiger partial charge in [-0.25, -0.2) is 8.78 Å². The normalized spacial score (nSPS) is 30.9. The lowest BCUT2D eigenvalue weighted by Crippen LogP contribution is -2.38. The van der Waals surface area contributed by atoms with E-state index in [1.807, 2.05) is 0 Å². The number of hydrogen-bond donors (Lipinski definition) is 1. The number of rotatable bonds is 2. The molecule has 13 heavy (non-hydrogen) atoms. The van der Waals surface area contributed by atoms with Crippen molar-refractivity contribution in [2.45, 2.75) is 44.1 Å². The molecule has 0 aromatic heterocycles. The molecule has 0 atom stereocenters. The molecule has 1 aliphatic rings. The third-order valence-electron chi connectivity index (χ3n) is 2.53. The third kappa shape index (κ3) is 2.33. The predicted octanol–water partition coefficient (Wildman–Crippen LogP) is 2.44. The molecule has 1 N–H and O–H groups in total. The molecule has 0 aromatic rings. The van der Waals surface area contributed by atoms with Crippen molar-refractivity contribution in [3.63, 3.8) is 0 Å². The van der Waals surface area contributed by atoms with Crippen molar-refractivity contribution < 1.29 is 22.7 Å². The van der Waals surface area contributed by atoms with E-state index in [-0.39, 0.29) is 25.7 Å². The highest BCUT2D eigenvalue weighted by Gasteiger charge is 2.48. The van der Waals surface area contributed by atoms with E-state index in [1.54, 1.807) is 0 Å². The van der Waals surface area contributed by atoms with Crippen molar-refractivity contribution in [3.8, 4) is 0 Å². The fourth-order valence-electron chi connectivity index (χ4n) is 1.64. The van der Waals surface area contributed by atoms with Crippen molar-refractivity contribution in [2.75, 3.05) is 0 Å². The molecule has 0 amide bonds. The average Bonchev–Trinajstić information content (AvgIpc) is 2.04. The summed E-state index contributed by atoms with van der Waals surface area (Å²) in [5, 5.41) is 9.00. The van der Waals surface area contributed by atoms with E-state index < -0.39 is 24.4 Å². The van der Waals surface area contributed by atoms with E-state index in [2.05, 4.69) is 0 Å². The molecule has 1 saturated carbocycles. The Morgan fingerprint density at radius 3 is 1.92 bits per heavy atom. The Morgan fingerprint density at radius 1 is 1.08 bits per heavy atom. The van der Waals surface area contributed by atoms with Crippen LogP contribution in [0.3, 0.4) is 0 Å². The van der Waals surface area contributed by atoms with Gasteiger partial charge in [0.1, 0.15) is 0 Å². The monoisotopic (exact) mass is 200 g/mol. The van der Waals surface area contributed by atoms with Crippen LogP contribution in [0.1, 0.15) is 25.7 Å². The number of hydrogen-bond acceptors (Lipinski definition) is 1. The highest BCUT2D eigenvalue weighted by molar-refractivity contribution is 4.84. The van der Waals surface area contributed by atoms with Gasteiger partial charge in [0.25, 0.3) is 0 Å². The van der Waals surface area contributed by atoms with Gasteiger partial charge in [0.2, 0.25) is 0 Å². The maximum Gasteiger partial charge on any atom is 0.310 e. The van der Waals surface area contributed by atoms with Gasteiger partial charge < -0.3 is 5.11 Å². The maximum absolute atomic E-state index is 12.7. The van der Waals surface area contributed by atoms with Crippen LogP contribution in [0.2, 0.25) is 0 Å². The van der Waals surface area contributed by atoms with Crippen LogP contribution in [-0.2, 0) is 0 Å². The second kappa shape index (κ2) is 3.82.